The third kappa shape index (κ3) is 2.65. The van der Waals surface area contributed by atoms with E-state index >= 15 is 0 Å². The Morgan fingerprint density at radius 2 is 2.06 bits per heavy atom. The lowest BCUT2D eigenvalue weighted by atomic mass is 9.88. The lowest BCUT2D eigenvalue weighted by Crippen LogP contribution is -2.13. The summed E-state index contributed by atoms with van der Waals surface area (Å²) in [5.41, 5.74) is 4.38. The molecule has 1 aliphatic heterocycles. The van der Waals surface area contributed by atoms with Gasteiger partial charge < -0.3 is 5.32 Å². The summed E-state index contributed by atoms with van der Waals surface area (Å²) in [7, 11) is 0. The Kier molecular flexibility index (Phi) is 3.76. The fourth-order valence-corrected chi connectivity index (χ4v) is 2.78. The summed E-state index contributed by atoms with van der Waals surface area (Å²) in [5, 5.41) is 3.65. The number of rotatable bonds is 2. The molecule has 1 heteroatoms. The van der Waals surface area contributed by atoms with Gasteiger partial charge in [-0.25, -0.2) is 0 Å². The molecule has 2 rings (SSSR count). The van der Waals surface area contributed by atoms with Crippen LogP contribution >= 0.6 is 0 Å². The molecule has 1 aromatic carbocycles. The number of benzene rings is 1. The highest BCUT2D eigenvalue weighted by atomic mass is 14.9. The standard InChI is InChI=1S/C16H25N/c1-5-13-7-6-12(4)17-16-9-8-14(11(2)3)10-15(13)16/h8-13,17H,5-7H2,1-4H3. The molecular weight excluding hydrogens is 206 g/mol. The molecule has 0 aromatic heterocycles. The van der Waals surface area contributed by atoms with Gasteiger partial charge in [0.1, 0.15) is 0 Å². The zero-order valence-electron chi connectivity index (χ0n) is 11.6. The summed E-state index contributed by atoms with van der Waals surface area (Å²) in [6.45, 7) is 9.15. The lowest BCUT2D eigenvalue weighted by Gasteiger charge is -2.18. The first kappa shape index (κ1) is 12.5. The van der Waals surface area contributed by atoms with Crippen molar-refractivity contribution < 1.29 is 0 Å². The average Bonchev–Trinajstić information content (AvgIpc) is 2.46. The minimum absolute atomic E-state index is 0.607. The normalized spacial score (nSPS) is 24.1. The van der Waals surface area contributed by atoms with E-state index in [0.717, 1.165) is 5.92 Å². The highest BCUT2D eigenvalue weighted by Gasteiger charge is 2.20. The van der Waals surface area contributed by atoms with E-state index in [9.17, 15) is 0 Å². The van der Waals surface area contributed by atoms with Crippen LogP contribution in [0.3, 0.4) is 0 Å². The van der Waals surface area contributed by atoms with Crippen LogP contribution in [0.15, 0.2) is 18.2 Å². The van der Waals surface area contributed by atoms with Crippen molar-refractivity contribution >= 4 is 5.69 Å². The Bertz CT molecular complexity index is 381. The Morgan fingerprint density at radius 1 is 1.29 bits per heavy atom. The quantitative estimate of drug-likeness (QED) is 0.763. The second-order valence-electron chi connectivity index (χ2n) is 5.73. The van der Waals surface area contributed by atoms with Gasteiger partial charge in [-0.05, 0) is 55.2 Å². The van der Waals surface area contributed by atoms with Crippen LogP contribution in [0.1, 0.15) is 69.9 Å². The number of hydrogen-bond donors (Lipinski definition) is 1. The van der Waals surface area contributed by atoms with E-state index in [1.807, 2.05) is 0 Å². The molecule has 0 fully saturated rings. The SMILES string of the molecule is CCC1CCC(C)Nc2ccc(C(C)C)cc21. The Labute approximate surface area is 106 Å². The van der Waals surface area contributed by atoms with E-state index in [2.05, 4.69) is 51.2 Å². The average molecular weight is 231 g/mol. The van der Waals surface area contributed by atoms with Gasteiger partial charge in [-0.15, -0.1) is 0 Å². The van der Waals surface area contributed by atoms with Crippen LogP contribution in [-0.4, -0.2) is 6.04 Å². The molecule has 1 N–H and O–H groups in total. The van der Waals surface area contributed by atoms with Gasteiger partial charge in [-0.3, -0.25) is 0 Å². The zero-order chi connectivity index (χ0) is 12.4. The summed E-state index contributed by atoms with van der Waals surface area (Å²) in [6.07, 6.45) is 3.85. The lowest BCUT2D eigenvalue weighted by molar-refractivity contribution is 0.563. The van der Waals surface area contributed by atoms with Crippen molar-refractivity contribution in [3.05, 3.63) is 29.3 Å². The van der Waals surface area contributed by atoms with Gasteiger partial charge in [0.15, 0.2) is 0 Å². The van der Waals surface area contributed by atoms with Gasteiger partial charge >= 0.3 is 0 Å². The first-order chi connectivity index (χ1) is 8.11. The molecule has 1 aromatic rings. The smallest absolute Gasteiger partial charge is 0.0377 e. The van der Waals surface area contributed by atoms with Gasteiger partial charge in [-0.1, -0.05) is 32.9 Å². The molecule has 0 saturated heterocycles. The van der Waals surface area contributed by atoms with Crippen molar-refractivity contribution in [1.82, 2.24) is 0 Å². The number of nitrogens with one attached hydrogen (secondary N) is 1. The van der Waals surface area contributed by atoms with E-state index in [-0.39, 0.29) is 0 Å². The first-order valence-corrected chi connectivity index (χ1v) is 7.02. The molecule has 0 saturated carbocycles. The van der Waals surface area contributed by atoms with E-state index in [1.54, 1.807) is 5.56 Å². The van der Waals surface area contributed by atoms with Crippen LogP contribution in [0, 0.1) is 0 Å². The third-order valence-electron chi connectivity index (χ3n) is 4.02. The Hall–Kier alpha value is -0.980. The second kappa shape index (κ2) is 5.12. The number of hydrogen-bond acceptors (Lipinski definition) is 1. The molecule has 0 bridgehead atoms. The van der Waals surface area contributed by atoms with Gasteiger partial charge in [0.25, 0.3) is 0 Å². The maximum absolute atomic E-state index is 3.65. The molecule has 17 heavy (non-hydrogen) atoms. The van der Waals surface area contributed by atoms with Crippen molar-refractivity contribution in [3.63, 3.8) is 0 Å². The van der Waals surface area contributed by atoms with E-state index in [1.165, 1.54) is 30.5 Å². The molecule has 1 aliphatic rings. The van der Waals surface area contributed by atoms with E-state index in [4.69, 9.17) is 0 Å². The number of anilines is 1. The first-order valence-electron chi connectivity index (χ1n) is 7.02. The molecule has 1 heterocycles. The summed E-state index contributed by atoms with van der Waals surface area (Å²) >= 11 is 0. The summed E-state index contributed by atoms with van der Waals surface area (Å²) < 4.78 is 0. The van der Waals surface area contributed by atoms with Crippen LogP contribution in [0.5, 0.6) is 0 Å². The molecule has 0 spiro atoms. The van der Waals surface area contributed by atoms with Crippen molar-refractivity contribution in [1.29, 1.82) is 0 Å². The number of fused-ring (bicyclic) bond motifs is 1. The molecular formula is C16H25N. The molecule has 0 amide bonds. The Balaban J connectivity index is 2.41. The van der Waals surface area contributed by atoms with Crippen LogP contribution in [0.4, 0.5) is 5.69 Å². The van der Waals surface area contributed by atoms with Gasteiger partial charge in [0.2, 0.25) is 0 Å². The highest BCUT2D eigenvalue weighted by Crippen LogP contribution is 2.36. The van der Waals surface area contributed by atoms with Crippen LogP contribution in [0.25, 0.3) is 0 Å². The van der Waals surface area contributed by atoms with E-state index in [0.29, 0.717) is 12.0 Å². The minimum Gasteiger partial charge on any atom is -0.382 e. The molecule has 0 aliphatic carbocycles. The van der Waals surface area contributed by atoms with Gasteiger partial charge in [0.05, 0.1) is 0 Å². The molecule has 2 atom stereocenters. The zero-order valence-corrected chi connectivity index (χ0v) is 11.6. The molecule has 2 unspecified atom stereocenters. The summed E-state index contributed by atoms with van der Waals surface area (Å²) in [6, 6.07) is 7.60. The predicted molar refractivity (Wildman–Crippen MR) is 75.9 cm³/mol. The van der Waals surface area contributed by atoms with Gasteiger partial charge in [0, 0.05) is 11.7 Å². The minimum atomic E-state index is 0.607. The third-order valence-corrected chi connectivity index (χ3v) is 4.02. The van der Waals surface area contributed by atoms with Crippen molar-refractivity contribution in [2.75, 3.05) is 5.32 Å². The van der Waals surface area contributed by atoms with Crippen molar-refractivity contribution in [2.24, 2.45) is 0 Å². The van der Waals surface area contributed by atoms with Crippen LogP contribution in [-0.2, 0) is 0 Å². The molecule has 1 nitrogen and oxygen atoms in total. The second-order valence-corrected chi connectivity index (χ2v) is 5.73. The van der Waals surface area contributed by atoms with Crippen molar-refractivity contribution in [2.45, 2.75) is 64.8 Å². The van der Waals surface area contributed by atoms with E-state index < -0.39 is 0 Å². The summed E-state index contributed by atoms with van der Waals surface area (Å²) in [5.74, 6) is 1.36. The largest absolute Gasteiger partial charge is 0.382 e. The maximum atomic E-state index is 3.65. The highest BCUT2D eigenvalue weighted by molar-refractivity contribution is 5.56. The monoisotopic (exact) mass is 231 g/mol. The topological polar surface area (TPSA) is 12.0 Å². The summed E-state index contributed by atoms with van der Waals surface area (Å²) in [4.78, 5) is 0. The molecule has 0 radical (unpaired) electrons. The fraction of sp³-hybridized carbons (Fsp3) is 0.625. The fourth-order valence-electron chi connectivity index (χ4n) is 2.78. The van der Waals surface area contributed by atoms with Crippen LogP contribution in [0.2, 0.25) is 0 Å². The Morgan fingerprint density at radius 3 is 2.71 bits per heavy atom. The molecule has 94 valence electrons. The van der Waals surface area contributed by atoms with Crippen molar-refractivity contribution in [3.8, 4) is 0 Å². The predicted octanol–water partition coefficient (Wildman–Crippen LogP) is 4.90. The maximum Gasteiger partial charge on any atom is 0.0377 e. The van der Waals surface area contributed by atoms with Crippen LogP contribution < -0.4 is 5.32 Å². The van der Waals surface area contributed by atoms with Gasteiger partial charge in [-0.2, -0.15) is 0 Å².